The summed E-state index contributed by atoms with van der Waals surface area (Å²) >= 11 is 0. The van der Waals surface area contributed by atoms with E-state index in [0.29, 0.717) is 17.4 Å². The number of nitrogens with two attached hydrogens (primary N) is 1. The molecule has 0 aliphatic heterocycles. The van der Waals surface area contributed by atoms with Gasteiger partial charge in [0.1, 0.15) is 5.82 Å². The van der Waals surface area contributed by atoms with Crippen molar-refractivity contribution < 1.29 is 0 Å². The van der Waals surface area contributed by atoms with E-state index in [9.17, 15) is 0 Å². The van der Waals surface area contributed by atoms with Gasteiger partial charge >= 0.3 is 0 Å². The van der Waals surface area contributed by atoms with Crippen LogP contribution in [0.4, 0.5) is 0 Å². The fraction of sp³-hybridized carbons (Fsp3) is 0.800. The van der Waals surface area contributed by atoms with Crippen molar-refractivity contribution in [1.82, 2.24) is 9.55 Å². The Morgan fingerprint density at radius 2 is 2.28 bits per heavy atom. The molecule has 1 saturated carbocycles. The molecule has 0 bridgehead atoms. The van der Waals surface area contributed by atoms with Gasteiger partial charge in [-0.05, 0) is 37.0 Å². The van der Waals surface area contributed by atoms with Crippen molar-refractivity contribution >= 4 is 0 Å². The van der Waals surface area contributed by atoms with Gasteiger partial charge in [0.05, 0.1) is 0 Å². The standard InChI is InChI=1S/C15H27N3/c1-4-8-18-9-7-17-14(18)10-12-11-15(2,3)6-5-13(12)16/h7,9,12-13H,4-6,8,10-11,16H2,1-3H3. The summed E-state index contributed by atoms with van der Waals surface area (Å²) in [4.78, 5) is 4.52. The van der Waals surface area contributed by atoms with E-state index in [2.05, 4.69) is 36.5 Å². The quantitative estimate of drug-likeness (QED) is 0.891. The van der Waals surface area contributed by atoms with Crippen molar-refractivity contribution in [2.45, 2.75) is 65.5 Å². The first kappa shape index (κ1) is 13.6. The van der Waals surface area contributed by atoms with E-state index in [1.807, 2.05) is 6.20 Å². The first-order valence-corrected chi connectivity index (χ1v) is 7.27. The molecule has 0 saturated heterocycles. The van der Waals surface area contributed by atoms with Crippen molar-refractivity contribution in [3.63, 3.8) is 0 Å². The van der Waals surface area contributed by atoms with Gasteiger partial charge in [-0.2, -0.15) is 0 Å². The van der Waals surface area contributed by atoms with Crippen LogP contribution in [0.2, 0.25) is 0 Å². The maximum absolute atomic E-state index is 6.30. The Morgan fingerprint density at radius 3 is 3.00 bits per heavy atom. The minimum absolute atomic E-state index is 0.352. The predicted molar refractivity (Wildman–Crippen MR) is 75.3 cm³/mol. The maximum atomic E-state index is 6.30. The lowest BCUT2D eigenvalue weighted by molar-refractivity contribution is 0.155. The summed E-state index contributed by atoms with van der Waals surface area (Å²) in [6.07, 6.45) is 9.86. The van der Waals surface area contributed by atoms with Gasteiger partial charge in [-0.25, -0.2) is 4.98 Å². The number of nitrogens with zero attached hydrogens (tertiary/aromatic N) is 2. The molecule has 102 valence electrons. The third-order valence-corrected chi connectivity index (χ3v) is 4.29. The van der Waals surface area contributed by atoms with E-state index in [0.717, 1.165) is 25.8 Å². The van der Waals surface area contributed by atoms with Crippen molar-refractivity contribution in [2.75, 3.05) is 0 Å². The van der Waals surface area contributed by atoms with Gasteiger partial charge in [-0.3, -0.25) is 0 Å². The van der Waals surface area contributed by atoms with Crippen molar-refractivity contribution in [3.8, 4) is 0 Å². The zero-order valence-corrected chi connectivity index (χ0v) is 12.0. The van der Waals surface area contributed by atoms with Gasteiger partial charge in [0.15, 0.2) is 0 Å². The molecule has 1 aliphatic rings. The number of aryl methyl sites for hydroxylation is 1. The smallest absolute Gasteiger partial charge is 0.108 e. The highest BCUT2D eigenvalue weighted by molar-refractivity contribution is 4.98. The summed E-state index contributed by atoms with van der Waals surface area (Å²) in [7, 11) is 0. The second-order valence-electron chi connectivity index (χ2n) is 6.57. The summed E-state index contributed by atoms with van der Waals surface area (Å²) in [6, 6.07) is 0.352. The van der Waals surface area contributed by atoms with Crippen LogP contribution in [0.25, 0.3) is 0 Å². The molecule has 0 aromatic carbocycles. The molecule has 3 nitrogen and oxygen atoms in total. The van der Waals surface area contributed by atoms with Gasteiger partial charge < -0.3 is 10.3 Å². The number of aromatic nitrogens is 2. The normalized spacial score (nSPS) is 27.3. The third kappa shape index (κ3) is 3.14. The second kappa shape index (κ2) is 5.43. The Morgan fingerprint density at radius 1 is 1.50 bits per heavy atom. The molecule has 2 unspecified atom stereocenters. The Labute approximate surface area is 111 Å². The van der Waals surface area contributed by atoms with Crippen LogP contribution in [-0.2, 0) is 13.0 Å². The predicted octanol–water partition coefficient (Wildman–Crippen LogP) is 2.99. The first-order chi connectivity index (χ1) is 8.52. The van der Waals surface area contributed by atoms with E-state index in [4.69, 9.17) is 5.73 Å². The molecule has 3 heteroatoms. The van der Waals surface area contributed by atoms with E-state index >= 15 is 0 Å². The van der Waals surface area contributed by atoms with Crippen LogP contribution >= 0.6 is 0 Å². The summed E-state index contributed by atoms with van der Waals surface area (Å²) in [6.45, 7) is 8.01. The van der Waals surface area contributed by atoms with Crippen LogP contribution in [0.1, 0.15) is 52.3 Å². The average Bonchev–Trinajstić information content (AvgIpc) is 2.72. The fourth-order valence-corrected chi connectivity index (χ4v) is 3.19. The molecular weight excluding hydrogens is 222 g/mol. The molecule has 1 aliphatic carbocycles. The van der Waals surface area contributed by atoms with Crippen LogP contribution < -0.4 is 5.73 Å². The zero-order chi connectivity index (χ0) is 13.2. The molecule has 1 heterocycles. The lowest BCUT2D eigenvalue weighted by atomic mass is 9.69. The lowest BCUT2D eigenvalue weighted by Gasteiger charge is -2.39. The monoisotopic (exact) mass is 249 g/mol. The molecular formula is C15H27N3. The molecule has 1 aromatic heterocycles. The maximum Gasteiger partial charge on any atom is 0.108 e. The van der Waals surface area contributed by atoms with Crippen LogP contribution in [0.3, 0.4) is 0 Å². The van der Waals surface area contributed by atoms with Crippen LogP contribution in [0.5, 0.6) is 0 Å². The topological polar surface area (TPSA) is 43.8 Å². The second-order valence-corrected chi connectivity index (χ2v) is 6.57. The molecule has 18 heavy (non-hydrogen) atoms. The number of hydrogen-bond acceptors (Lipinski definition) is 2. The van der Waals surface area contributed by atoms with Crippen LogP contribution in [-0.4, -0.2) is 15.6 Å². The number of imidazole rings is 1. The van der Waals surface area contributed by atoms with Crippen molar-refractivity contribution in [3.05, 3.63) is 18.2 Å². The van der Waals surface area contributed by atoms with E-state index in [1.54, 1.807) is 0 Å². The fourth-order valence-electron chi connectivity index (χ4n) is 3.19. The van der Waals surface area contributed by atoms with E-state index in [-0.39, 0.29) is 0 Å². The highest BCUT2D eigenvalue weighted by Gasteiger charge is 2.33. The summed E-state index contributed by atoms with van der Waals surface area (Å²) in [5, 5.41) is 0. The number of hydrogen-bond donors (Lipinski definition) is 1. The van der Waals surface area contributed by atoms with Gasteiger partial charge in [0.2, 0.25) is 0 Å². The zero-order valence-electron chi connectivity index (χ0n) is 12.0. The highest BCUT2D eigenvalue weighted by atomic mass is 15.1. The van der Waals surface area contributed by atoms with Crippen LogP contribution in [0, 0.1) is 11.3 Å². The molecule has 2 N–H and O–H groups in total. The summed E-state index contributed by atoms with van der Waals surface area (Å²) in [5.41, 5.74) is 6.75. The molecule has 1 aromatic rings. The van der Waals surface area contributed by atoms with Gasteiger partial charge in [0.25, 0.3) is 0 Å². The third-order valence-electron chi connectivity index (χ3n) is 4.29. The Bertz CT molecular complexity index is 381. The van der Waals surface area contributed by atoms with E-state index in [1.165, 1.54) is 18.7 Å². The number of rotatable bonds is 4. The molecule has 0 amide bonds. The molecule has 1 fully saturated rings. The minimum atomic E-state index is 0.352. The van der Waals surface area contributed by atoms with Gasteiger partial charge in [-0.1, -0.05) is 20.8 Å². The Kier molecular flexibility index (Phi) is 4.10. The Hall–Kier alpha value is -0.830. The van der Waals surface area contributed by atoms with Crippen molar-refractivity contribution in [1.29, 1.82) is 0 Å². The molecule has 0 spiro atoms. The van der Waals surface area contributed by atoms with Gasteiger partial charge in [0, 0.05) is 31.4 Å². The minimum Gasteiger partial charge on any atom is -0.335 e. The SMILES string of the molecule is CCCn1ccnc1CC1CC(C)(C)CCC1N. The van der Waals surface area contributed by atoms with E-state index < -0.39 is 0 Å². The first-order valence-electron chi connectivity index (χ1n) is 7.27. The molecule has 0 radical (unpaired) electrons. The van der Waals surface area contributed by atoms with Crippen LogP contribution in [0.15, 0.2) is 12.4 Å². The molecule has 2 rings (SSSR count). The Balaban J connectivity index is 2.05. The summed E-state index contributed by atoms with van der Waals surface area (Å²) < 4.78 is 2.29. The largest absolute Gasteiger partial charge is 0.335 e. The van der Waals surface area contributed by atoms with Crippen molar-refractivity contribution in [2.24, 2.45) is 17.1 Å². The summed E-state index contributed by atoms with van der Waals surface area (Å²) in [5.74, 6) is 1.81. The molecule has 2 atom stereocenters. The van der Waals surface area contributed by atoms with Gasteiger partial charge in [-0.15, -0.1) is 0 Å². The average molecular weight is 249 g/mol. The highest BCUT2D eigenvalue weighted by Crippen LogP contribution is 2.39. The lowest BCUT2D eigenvalue weighted by Crippen LogP contribution is -2.40.